The maximum absolute atomic E-state index is 12.1. The van der Waals surface area contributed by atoms with Gasteiger partial charge in [-0.25, -0.2) is 0 Å². The molecule has 0 aliphatic carbocycles. The van der Waals surface area contributed by atoms with E-state index in [1.165, 1.54) is 0 Å². The first-order chi connectivity index (χ1) is 6.75. The summed E-state index contributed by atoms with van der Waals surface area (Å²) in [6, 6.07) is 3.69. The van der Waals surface area contributed by atoms with Gasteiger partial charge < -0.3 is 9.67 Å². The molecule has 15 heavy (non-hydrogen) atoms. The van der Waals surface area contributed by atoms with Crippen molar-refractivity contribution in [1.82, 2.24) is 4.57 Å². The van der Waals surface area contributed by atoms with Gasteiger partial charge in [-0.1, -0.05) is 0 Å². The fourth-order valence-electron chi connectivity index (χ4n) is 1.75. The molecule has 0 saturated carbocycles. The number of aromatic nitrogens is 1. The summed E-state index contributed by atoms with van der Waals surface area (Å²) in [7, 11) is 0. The second kappa shape index (κ2) is 3.81. The van der Waals surface area contributed by atoms with Crippen molar-refractivity contribution < 1.29 is 5.11 Å². The van der Waals surface area contributed by atoms with Crippen molar-refractivity contribution in [2.24, 2.45) is 0 Å². The van der Waals surface area contributed by atoms with Gasteiger partial charge in [0.15, 0.2) is 0 Å². The van der Waals surface area contributed by atoms with Crippen LogP contribution in [0.3, 0.4) is 0 Å². The quantitative estimate of drug-likeness (QED) is 0.809. The first-order valence-electron chi connectivity index (χ1n) is 5.20. The van der Waals surface area contributed by atoms with Gasteiger partial charge in [0, 0.05) is 17.3 Å². The first kappa shape index (κ1) is 12.0. The van der Waals surface area contributed by atoms with E-state index in [2.05, 4.69) is 0 Å². The van der Waals surface area contributed by atoms with E-state index in [-0.39, 0.29) is 11.6 Å². The second-order valence-electron chi connectivity index (χ2n) is 4.72. The molecule has 0 aliphatic heterocycles. The monoisotopic (exact) mass is 209 g/mol. The van der Waals surface area contributed by atoms with Crippen LogP contribution < -0.4 is 5.56 Å². The second-order valence-corrected chi connectivity index (χ2v) is 4.72. The lowest BCUT2D eigenvalue weighted by molar-refractivity contribution is 0.0763. The highest BCUT2D eigenvalue weighted by molar-refractivity contribution is 5.21. The SMILES string of the molecule is Cc1ccc(C(C)(C)O)c(=O)n1C(C)C. The van der Waals surface area contributed by atoms with E-state index in [1.54, 1.807) is 24.5 Å². The van der Waals surface area contributed by atoms with Crippen molar-refractivity contribution in [2.45, 2.75) is 46.3 Å². The maximum Gasteiger partial charge on any atom is 0.257 e. The molecule has 0 bridgehead atoms. The van der Waals surface area contributed by atoms with Crippen LogP contribution in [-0.2, 0) is 5.60 Å². The van der Waals surface area contributed by atoms with Gasteiger partial charge in [-0.2, -0.15) is 0 Å². The summed E-state index contributed by atoms with van der Waals surface area (Å²) >= 11 is 0. The summed E-state index contributed by atoms with van der Waals surface area (Å²) in [5.74, 6) is 0. The van der Waals surface area contributed by atoms with Crippen LogP contribution in [0, 0.1) is 6.92 Å². The molecule has 0 saturated heterocycles. The molecule has 3 heteroatoms. The molecule has 0 aliphatic rings. The van der Waals surface area contributed by atoms with E-state index in [0.29, 0.717) is 5.56 Å². The van der Waals surface area contributed by atoms with Gasteiger partial charge in [-0.3, -0.25) is 4.79 Å². The Kier molecular flexibility index (Phi) is 3.05. The number of nitrogens with zero attached hydrogens (tertiary/aromatic N) is 1. The fourth-order valence-corrected chi connectivity index (χ4v) is 1.75. The third-order valence-corrected chi connectivity index (χ3v) is 2.50. The van der Waals surface area contributed by atoms with Gasteiger partial charge in [0.25, 0.3) is 5.56 Å². The van der Waals surface area contributed by atoms with Gasteiger partial charge >= 0.3 is 0 Å². The van der Waals surface area contributed by atoms with E-state index >= 15 is 0 Å². The number of hydrogen-bond donors (Lipinski definition) is 1. The Morgan fingerprint density at radius 1 is 1.33 bits per heavy atom. The summed E-state index contributed by atoms with van der Waals surface area (Å²) in [6.07, 6.45) is 0. The van der Waals surface area contributed by atoms with Crippen LogP contribution in [0.25, 0.3) is 0 Å². The van der Waals surface area contributed by atoms with E-state index in [9.17, 15) is 9.90 Å². The van der Waals surface area contributed by atoms with E-state index in [0.717, 1.165) is 5.69 Å². The molecule has 0 unspecified atom stereocenters. The predicted octanol–water partition coefficient (Wildman–Crippen LogP) is 1.97. The molecule has 0 fully saturated rings. The number of pyridine rings is 1. The molecule has 1 rings (SSSR count). The molecular weight excluding hydrogens is 190 g/mol. The maximum atomic E-state index is 12.1. The number of hydrogen-bond acceptors (Lipinski definition) is 2. The Morgan fingerprint density at radius 2 is 1.87 bits per heavy atom. The summed E-state index contributed by atoms with van der Waals surface area (Å²) in [5, 5.41) is 9.85. The van der Waals surface area contributed by atoms with Gasteiger partial charge in [0.2, 0.25) is 0 Å². The minimum atomic E-state index is -1.08. The van der Waals surface area contributed by atoms with Crippen LogP contribution in [0.1, 0.15) is 45.0 Å². The van der Waals surface area contributed by atoms with Gasteiger partial charge in [-0.15, -0.1) is 0 Å². The average Bonchev–Trinajstić information content (AvgIpc) is 2.00. The lowest BCUT2D eigenvalue weighted by Gasteiger charge is -2.21. The van der Waals surface area contributed by atoms with Crippen LogP contribution in [0.15, 0.2) is 16.9 Å². The van der Waals surface area contributed by atoms with E-state index in [4.69, 9.17) is 0 Å². The zero-order valence-corrected chi connectivity index (χ0v) is 10.0. The molecule has 3 nitrogen and oxygen atoms in total. The molecule has 0 atom stereocenters. The van der Waals surface area contributed by atoms with Crippen LogP contribution in [0.2, 0.25) is 0 Å². The summed E-state index contributed by atoms with van der Waals surface area (Å²) in [5.41, 5.74) is 0.184. The number of aliphatic hydroxyl groups is 1. The van der Waals surface area contributed by atoms with Crippen molar-refractivity contribution >= 4 is 0 Å². The Hall–Kier alpha value is -1.09. The molecule has 1 N–H and O–H groups in total. The minimum absolute atomic E-state index is 0.0995. The normalized spacial score (nSPS) is 12.2. The average molecular weight is 209 g/mol. The molecular formula is C12H19NO2. The van der Waals surface area contributed by atoms with E-state index in [1.807, 2.05) is 26.8 Å². The molecule has 0 amide bonds. The van der Waals surface area contributed by atoms with Crippen LogP contribution in [0.5, 0.6) is 0 Å². The lowest BCUT2D eigenvalue weighted by Crippen LogP contribution is -2.33. The standard InChI is InChI=1S/C12H19NO2/c1-8(2)13-9(3)6-7-10(11(13)14)12(4,5)15/h6-8,15H,1-5H3. The number of aryl methyl sites for hydroxylation is 1. The molecule has 0 aromatic carbocycles. The van der Waals surface area contributed by atoms with Crippen molar-refractivity contribution in [1.29, 1.82) is 0 Å². The number of rotatable bonds is 2. The Balaban J connectivity index is 3.50. The summed E-state index contributed by atoms with van der Waals surface area (Å²) < 4.78 is 1.70. The zero-order chi connectivity index (χ0) is 11.8. The van der Waals surface area contributed by atoms with Crippen molar-refractivity contribution in [3.8, 4) is 0 Å². The van der Waals surface area contributed by atoms with Gasteiger partial charge in [0.05, 0.1) is 5.60 Å². The van der Waals surface area contributed by atoms with E-state index < -0.39 is 5.60 Å². The van der Waals surface area contributed by atoms with Crippen molar-refractivity contribution in [3.63, 3.8) is 0 Å². The smallest absolute Gasteiger partial charge is 0.257 e. The topological polar surface area (TPSA) is 42.2 Å². The Morgan fingerprint density at radius 3 is 2.27 bits per heavy atom. The summed E-state index contributed by atoms with van der Waals surface area (Å²) in [4.78, 5) is 12.1. The molecule has 1 aromatic rings. The fraction of sp³-hybridized carbons (Fsp3) is 0.583. The van der Waals surface area contributed by atoms with Crippen LogP contribution >= 0.6 is 0 Å². The highest BCUT2D eigenvalue weighted by Crippen LogP contribution is 2.17. The van der Waals surface area contributed by atoms with Gasteiger partial charge in [-0.05, 0) is 46.8 Å². The highest BCUT2D eigenvalue weighted by atomic mass is 16.3. The molecule has 0 spiro atoms. The third-order valence-electron chi connectivity index (χ3n) is 2.50. The lowest BCUT2D eigenvalue weighted by atomic mass is 9.99. The van der Waals surface area contributed by atoms with Gasteiger partial charge in [0.1, 0.15) is 0 Å². The zero-order valence-electron chi connectivity index (χ0n) is 10.0. The molecule has 84 valence electrons. The Labute approximate surface area is 90.4 Å². The Bertz CT molecular complexity index is 411. The third kappa shape index (κ3) is 2.29. The van der Waals surface area contributed by atoms with Crippen LogP contribution in [-0.4, -0.2) is 9.67 Å². The molecule has 1 aromatic heterocycles. The predicted molar refractivity (Wildman–Crippen MR) is 61.1 cm³/mol. The minimum Gasteiger partial charge on any atom is -0.386 e. The van der Waals surface area contributed by atoms with Crippen molar-refractivity contribution in [3.05, 3.63) is 33.7 Å². The highest BCUT2D eigenvalue weighted by Gasteiger charge is 2.21. The van der Waals surface area contributed by atoms with Crippen LogP contribution in [0.4, 0.5) is 0 Å². The first-order valence-corrected chi connectivity index (χ1v) is 5.20. The molecule has 1 heterocycles. The largest absolute Gasteiger partial charge is 0.386 e. The summed E-state index contributed by atoms with van der Waals surface area (Å²) in [6.45, 7) is 9.08. The van der Waals surface area contributed by atoms with Crippen molar-refractivity contribution in [2.75, 3.05) is 0 Å². The molecule has 0 radical (unpaired) electrons.